The summed E-state index contributed by atoms with van der Waals surface area (Å²) in [6, 6.07) is 46.3. The van der Waals surface area contributed by atoms with E-state index >= 15 is 0 Å². The molecule has 0 saturated carbocycles. The number of rotatable bonds is 11. The topological polar surface area (TPSA) is 18.5 Å². The molecule has 0 aliphatic rings. The summed E-state index contributed by atoms with van der Waals surface area (Å²) in [5.41, 5.74) is 4.76. The van der Waals surface area contributed by atoms with Crippen LogP contribution in [0.5, 0.6) is 11.5 Å². The number of ether oxygens (including phenoxy) is 2. The van der Waals surface area contributed by atoms with Crippen molar-refractivity contribution >= 4 is 23.6 Å². The molecular weight excluding hydrogens is 529 g/mol. The van der Waals surface area contributed by atoms with Crippen LogP contribution in [0.15, 0.2) is 127 Å². The van der Waals surface area contributed by atoms with E-state index in [2.05, 4.69) is 150 Å². The monoisotopic (exact) mass is 570 g/mol. The van der Waals surface area contributed by atoms with E-state index < -0.39 is 8.07 Å². The second-order valence-corrected chi connectivity index (χ2v) is 16.1. The molecule has 5 aromatic carbocycles. The van der Waals surface area contributed by atoms with Gasteiger partial charge in [0.1, 0.15) is 19.6 Å². The van der Waals surface area contributed by atoms with Gasteiger partial charge >= 0.3 is 0 Å². The predicted molar refractivity (Wildman–Crippen MR) is 181 cm³/mol. The van der Waals surface area contributed by atoms with Gasteiger partial charge in [0, 0.05) is 0 Å². The zero-order chi connectivity index (χ0) is 29.5. The lowest BCUT2D eigenvalue weighted by molar-refractivity contribution is 0.271. The van der Waals surface area contributed by atoms with E-state index in [9.17, 15) is 0 Å². The second kappa shape index (κ2) is 13.3. The van der Waals surface area contributed by atoms with Gasteiger partial charge in [-0.15, -0.1) is 0 Å². The zero-order valence-electron chi connectivity index (χ0n) is 25.5. The predicted octanol–water partition coefficient (Wildman–Crippen LogP) is 8.19. The minimum absolute atomic E-state index is 0.497. The fourth-order valence-corrected chi connectivity index (χ4v) is 8.85. The summed E-state index contributed by atoms with van der Waals surface area (Å²) in [4.78, 5) is 0. The van der Waals surface area contributed by atoms with E-state index in [4.69, 9.17) is 9.47 Å². The normalized spacial score (nSPS) is 11.6. The van der Waals surface area contributed by atoms with Gasteiger partial charge in [-0.3, -0.25) is 0 Å². The molecule has 5 rings (SSSR count). The van der Waals surface area contributed by atoms with Crippen LogP contribution in [0.4, 0.5) is 0 Å². The van der Waals surface area contributed by atoms with E-state index in [1.54, 1.807) is 0 Å². The average molecular weight is 571 g/mol. The summed E-state index contributed by atoms with van der Waals surface area (Å²) in [6.07, 6.45) is 0. The SMILES string of the molecule is CC(C)COc1cccc(-c2ccc([Si](C)(c3ccccc3)c3ccc(-c4cccc(OCC(C)C)c4)cc3)cc2)c1. The van der Waals surface area contributed by atoms with Crippen molar-refractivity contribution in [3.63, 3.8) is 0 Å². The number of hydrogen-bond donors (Lipinski definition) is 0. The summed E-state index contributed by atoms with van der Waals surface area (Å²) >= 11 is 0. The Labute approximate surface area is 253 Å². The molecule has 5 aromatic rings. The summed E-state index contributed by atoms with van der Waals surface area (Å²) in [5.74, 6) is 2.84. The first-order valence-electron chi connectivity index (χ1n) is 15.1. The molecule has 2 nitrogen and oxygen atoms in total. The molecule has 0 radical (unpaired) electrons. The van der Waals surface area contributed by atoms with Gasteiger partial charge in [-0.1, -0.05) is 137 Å². The van der Waals surface area contributed by atoms with E-state index in [1.165, 1.54) is 37.8 Å². The Morgan fingerprint density at radius 3 is 1.26 bits per heavy atom. The third-order valence-corrected chi connectivity index (χ3v) is 12.2. The molecule has 0 aromatic heterocycles. The molecule has 0 saturated heterocycles. The highest BCUT2D eigenvalue weighted by atomic mass is 28.3. The Balaban J connectivity index is 1.46. The van der Waals surface area contributed by atoms with Gasteiger partial charge in [-0.25, -0.2) is 0 Å². The Bertz CT molecular complexity index is 1470. The standard InChI is InChI=1S/C39H42O2Si/c1-29(2)27-40-35-13-9-11-33(25-35)31-17-21-38(22-18-31)42(5,37-15-7-6-8-16-37)39-23-19-32(20-24-39)34-12-10-14-36(26-34)41-28-30(3)4/h6-26,29-30H,27-28H2,1-5H3. The van der Waals surface area contributed by atoms with E-state index in [0.29, 0.717) is 11.8 Å². The smallest absolute Gasteiger partial charge is 0.145 e. The second-order valence-electron chi connectivity index (χ2n) is 12.1. The van der Waals surface area contributed by atoms with Crippen molar-refractivity contribution in [2.24, 2.45) is 11.8 Å². The van der Waals surface area contributed by atoms with Crippen molar-refractivity contribution in [2.45, 2.75) is 34.2 Å². The summed E-state index contributed by atoms with van der Waals surface area (Å²) in [7, 11) is -2.25. The van der Waals surface area contributed by atoms with Crippen LogP contribution in [0, 0.1) is 11.8 Å². The Hall–Kier alpha value is -4.08. The molecule has 0 unspecified atom stereocenters. The van der Waals surface area contributed by atoms with E-state index in [0.717, 1.165) is 24.7 Å². The van der Waals surface area contributed by atoms with Gasteiger partial charge in [-0.2, -0.15) is 0 Å². The molecule has 0 spiro atoms. The van der Waals surface area contributed by atoms with Crippen LogP contribution in [0.3, 0.4) is 0 Å². The highest BCUT2D eigenvalue weighted by Crippen LogP contribution is 2.26. The van der Waals surface area contributed by atoms with Crippen LogP contribution in [-0.2, 0) is 0 Å². The molecule has 0 amide bonds. The van der Waals surface area contributed by atoms with Crippen LogP contribution in [0.25, 0.3) is 22.3 Å². The largest absolute Gasteiger partial charge is 0.493 e. The highest BCUT2D eigenvalue weighted by Gasteiger charge is 2.34. The Morgan fingerprint density at radius 1 is 0.452 bits per heavy atom. The average Bonchev–Trinajstić information content (AvgIpc) is 3.03. The third-order valence-electron chi connectivity index (χ3n) is 7.78. The molecule has 0 fully saturated rings. The molecule has 0 atom stereocenters. The fraction of sp³-hybridized carbons (Fsp3) is 0.231. The molecular formula is C39H42O2Si. The number of hydrogen-bond acceptors (Lipinski definition) is 2. The molecule has 0 aliphatic heterocycles. The quantitative estimate of drug-likeness (QED) is 0.118. The van der Waals surface area contributed by atoms with Crippen LogP contribution in [-0.4, -0.2) is 21.3 Å². The maximum Gasteiger partial charge on any atom is 0.145 e. The van der Waals surface area contributed by atoms with Crippen molar-refractivity contribution in [1.82, 2.24) is 0 Å². The highest BCUT2D eigenvalue weighted by molar-refractivity contribution is 7.10. The van der Waals surface area contributed by atoms with E-state index in [-0.39, 0.29) is 0 Å². The first kappa shape index (κ1) is 29.4. The van der Waals surface area contributed by atoms with Gasteiger partial charge in [-0.05, 0) is 73.9 Å². The first-order chi connectivity index (χ1) is 20.3. The molecule has 0 N–H and O–H groups in total. The van der Waals surface area contributed by atoms with Gasteiger partial charge in [0.15, 0.2) is 0 Å². The van der Waals surface area contributed by atoms with Gasteiger partial charge < -0.3 is 9.47 Å². The minimum atomic E-state index is -2.25. The third kappa shape index (κ3) is 6.86. The van der Waals surface area contributed by atoms with Crippen LogP contribution < -0.4 is 25.0 Å². The van der Waals surface area contributed by atoms with Crippen molar-refractivity contribution in [3.8, 4) is 33.8 Å². The van der Waals surface area contributed by atoms with Crippen molar-refractivity contribution in [1.29, 1.82) is 0 Å². The lowest BCUT2D eigenvalue weighted by Crippen LogP contribution is -2.64. The summed E-state index contributed by atoms with van der Waals surface area (Å²) in [5, 5.41) is 4.18. The van der Waals surface area contributed by atoms with Crippen LogP contribution >= 0.6 is 0 Å². The molecule has 0 heterocycles. The van der Waals surface area contributed by atoms with E-state index in [1.807, 2.05) is 12.1 Å². The first-order valence-corrected chi connectivity index (χ1v) is 17.6. The lowest BCUT2D eigenvalue weighted by atomic mass is 10.1. The van der Waals surface area contributed by atoms with Gasteiger partial charge in [0.05, 0.1) is 13.2 Å². The Kier molecular flexibility index (Phi) is 9.29. The molecule has 0 bridgehead atoms. The summed E-state index contributed by atoms with van der Waals surface area (Å²) in [6.45, 7) is 12.6. The van der Waals surface area contributed by atoms with Gasteiger partial charge in [0.25, 0.3) is 0 Å². The fourth-order valence-electron chi connectivity index (χ4n) is 5.32. The zero-order valence-corrected chi connectivity index (χ0v) is 26.5. The molecule has 3 heteroatoms. The van der Waals surface area contributed by atoms with Gasteiger partial charge in [0.2, 0.25) is 0 Å². The summed E-state index contributed by atoms with van der Waals surface area (Å²) < 4.78 is 12.0. The van der Waals surface area contributed by atoms with Crippen LogP contribution in [0.2, 0.25) is 6.55 Å². The molecule has 214 valence electrons. The Morgan fingerprint density at radius 2 is 0.857 bits per heavy atom. The maximum atomic E-state index is 5.99. The maximum absolute atomic E-state index is 5.99. The molecule has 0 aliphatic carbocycles. The molecule has 42 heavy (non-hydrogen) atoms. The lowest BCUT2D eigenvalue weighted by Gasteiger charge is -2.30. The number of benzene rings is 5. The van der Waals surface area contributed by atoms with Crippen LogP contribution in [0.1, 0.15) is 27.7 Å². The van der Waals surface area contributed by atoms with Crippen molar-refractivity contribution < 1.29 is 9.47 Å². The van der Waals surface area contributed by atoms with Crippen molar-refractivity contribution in [3.05, 3.63) is 127 Å². The minimum Gasteiger partial charge on any atom is -0.493 e. The van der Waals surface area contributed by atoms with Crippen molar-refractivity contribution in [2.75, 3.05) is 13.2 Å².